The fourth-order valence-corrected chi connectivity index (χ4v) is 4.58. The Morgan fingerprint density at radius 2 is 1.76 bits per heavy atom. The number of hydrogen-bond acceptors (Lipinski definition) is 4. The number of piperazine rings is 1. The lowest BCUT2D eigenvalue weighted by Gasteiger charge is -2.38. The largest absolute Gasteiger partial charge is 0.353 e. The minimum absolute atomic E-state index is 0.220. The van der Waals surface area contributed by atoms with E-state index in [2.05, 4.69) is 33.9 Å². The van der Waals surface area contributed by atoms with Gasteiger partial charge in [-0.1, -0.05) is 20.8 Å². The second-order valence-corrected chi connectivity index (χ2v) is 7.88. The molecule has 1 aliphatic carbocycles. The Labute approximate surface area is 155 Å². The Kier molecular flexibility index (Phi) is 8.17. The number of hydrogen-bond donors (Lipinski definition) is 1. The van der Waals surface area contributed by atoms with E-state index in [0.29, 0.717) is 30.5 Å². The van der Waals surface area contributed by atoms with Crippen LogP contribution >= 0.6 is 0 Å². The van der Waals surface area contributed by atoms with Crippen molar-refractivity contribution < 1.29 is 4.79 Å². The fraction of sp³-hybridized carbons (Fsp3) is 0.950. The van der Waals surface area contributed by atoms with Crippen LogP contribution in [-0.4, -0.2) is 84.5 Å². The molecule has 3 aliphatic rings. The third kappa shape index (κ3) is 5.41. The normalized spacial score (nSPS) is 30.4. The molecule has 0 aromatic rings. The Bertz CT molecular complexity index is 407. The molecule has 0 aromatic carbocycles. The van der Waals surface area contributed by atoms with Crippen LogP contribution < -0.4 is 5.32 Å². The molecule has 3 unspecified atom stereocenters. The molecule has 25 heavy (non-hydrogen) atoms. The van der Waals surface area contributed by atoms with Crippen molar-refractivity contribution in [1.82, 2.24) is 20.0 Å². The zero-order chi connectivity index (χ0) is 18.4. The summed E-state index contributed by atoms with van der Waals surface area (Å²) in [6.07, 6.45) is 3.06. The average molecular weight is 353 g/mol. The molecule has 0 aromatic heterocycles. The predicted octanol–water partition coefficient (Wildman–Crippen LogP) is 2.03. The molecule has 0 radical (unpaired) electrons. The molecule has 3 atom stereocenters. The number of nitrogens with zero attached hydrogens (tertiary/aromatic N) is 3. The first-order valence-corrected chi connectivity index (χ1v) is 10.6. The van der Waals surface area contributed by atoms with Gasteiger partial charge in [0.2, 0.25) is 5.91 Å². The van der Waals surface area contributed by atoms with Gasteiger partial charge >= 0.3 is 0 Å². The maximum Gasteiger partial charge on any atom is 0.219 e. The smallest absolute Gasteiger partial charge is 0.219 e. The average Bonchev–Trinajstić information content (AvgIpc) is 3.21. The summed E-state index contributed by atoms with van der Waals surface area (Å²) in [5, 5.41) is 3.22. The van der Waals surface area contributed by atoms with E-state index in [1.54, 1.807) is 0 Å². The van der Waals surface area contributed by atoms with Gasteiger partial charge in [0, 0.05) is 70.4 Å². The number of nitrogens with one attached hydrogen (secondary N) is 1. The van der Waals surface area contributed by atoms with Gasteiger partial charge in [0.15, 0.2) is 0 Å². The first kappa shape index (κ1) is 20.7. The van der Waals surface area contributed by atoms with Crippen LogP contribution in [0.3, 0.4) is 0 Å². The van der Waals surface area contributed by atoms with Gasteiger partial charge in [0.1, 0.15) is 0 Å². The third-order valence-corrected chi connectivity index (χ3v) is 6.16. The van der Waals surface area contributed by atoms with E-state index in [4.69, 9.17) is 0 Å². The minimum Gasteiger partial charge on any atom is -0.353 e. The molecular weight excluding hydrogens is 312 g/mol. The van der Waals surface area contributed by atoms with Crippen LogP contribution in [-0.2, 0) is 4.79 Å². The molecule has 1 amide bonds. The zero-order valence-electron chi connectivity index (χ0n) is 17.1. The first-order chi connectivity index (χ1) is 12.1. The summed E-state index contributed by atoms with van der Waals surface area (Å²) in [7, 11) is 0. The van der Waals surface area contributed by atoms with Gasteiger partial charge in [0.25, 0.3) is 0 Å². The van der Waals surface area contributed by atoms with E-state index in [-0.39, 0.29) is 5.91 Å². The van der Waals surface area contributed by atoms with Crippen molar-refractivity contribution in [2.45, 2.75) is 72.0 Å². The van der Waals surface area contributed by atoms with Crippen LogP contribution in [0.4, 0.5) is 0 Å². The number of carbonyl (C=O) groups excluding carboxylic acids is 1. The van der Waals surface area contributed by atoms with Crippen molar-refractivity contribution in [1.29, 1.82) is 0 Å². The minimum atomic E-state index is 0.220. The van der Waals surface area contributed by atoms with Gasteiger partial charge in [-0.15, -0.1) is 0 Å². The highest BCUT2D eigenvalue weighted by molar-refractivity contribution is 5.75. The standard InChI is InChI=1S/C18H34N4O.C2H6/c1-4-18(23)19-17-12-16-11-15(17)13-22(16)10-7-20-5-8-21(9-6-20)14(2)3;1-2/h14-17H,4-13H2,1-3H3,(H,19,23);1-2H3. The number of piperidine rings is 1. The van der Waals surface area contributed by atoms with Crippen LogP contribution in [0.5, 0.6) is 0 Å². The molecule has 2 saturated heterocycles. The Morgan fingerprint density at radius 1 is 1.08 bits per heavy atom. The molecule has 1 saturated carbocycles. The Hall–Kier alpha value is -0.650. The van der Waals surface area contributed by atoms with Crippen molar-refractivity contribution in [2.75, 3.05) is 45.8 Å². The van der Waals surface area contributed by atoms with Gasteiger partial charge in [0.05, 0.1) is 0 Å². The predicted molar refractivity (Wildman–Crippen MR) is 105 cm³/mol. The molecule has 5 heteroatoms. The molecule has 2 heterocycles. The summed E-state index contributed by atoms with van der Waals surface area (Å²) in [5.41, 5.74) is 0. The lowest BCUT2D eigenvalue weighted by Crippen LogP contribution is -2.51. The van der Waals surface area contributed by atoms with Crippen molar-refractivity contribution in [3.63, 3.8) is 0 Å². The Balaban J connectivity index is 0.00000109. The molecule has 2 bridgehead atoms. The van der Waals surface area contributed by atoms with Crippen molar-refractivity contribution in [3.05, 3.63) is 0 Å². The fourth-order valence-electron chi connectivity index (χ4n) is 4.58. The van der Waals surface area contributed by atoms with E-state index >= 15 is 0 Å². The summed E-state index contributed by atoms with van der Waals surface area (Å²) >= 11 is 0. The molecule has 3 fully saturated rings. The SMILES string of the molecule is CC.CCC(=O)NC1CC2CC1CN2CCN1CCN(C(C)C)CC1. The molecule has 146 valence electrons. The molecule has 2 aliphatic heterocycles. The van der Waals surface area contributed by atoms with Crippen LogP contribution in [0.15, 0.2) is 0 Å². The number of carbonyl (C=O) groups is 1. The highest BCUT2D eigenvalue weighted by Crippen LogP contribution is 2.37. The second kappa shape index (κ2) is 9.89. The second-order valence-electron chi connectivity index (χ2n) is 7.88. The molecule has 1 N–H and O–H groups in total. The Morgan fingerprint density at radius 3 is 2.28 bits per heavy atom. The third-order valence-electron chi connectivity index (χ3n) is 6.16. The van der Waals surface area contributed by atoms with Gasteiger partial charge in [-0.2, -0.15) is 0 Å². The van der Waals surface area contributed by atoms with Crippen LogP contribution in [0.2, 0.25) is 0 Å². The molecular formula is C20H40N4O. The highest BCUT2D eigenvalue weighted by Gasteiger charge is 2.44. The van der Waals surface area contributed by atoms with Crippen LogP contribution in [0.25, 0.3) is 0 Å². The number of likely N-dealkylation sites (tertiary alicyclic amines) is 1. The maximum atomic E-state index is 11.6. The van der Waals surface area contributed by atoms with Gasteiger partial charge < -0.3 is 5.32 Å². The van der Waals surface area contributed by atoms with Crippen molar-refractivity contribution in [3.8, 4) is 0 Å². The van der Waals surface area contributed by atoms with E-state index in [9.17, 15) is 4.79 Å². The van der Waals surface area contributed by atoms with Crippen molar-refractivity contribution in [2.24, 2.45) is 5.92 Å². The first-order valence-electron chi connectivity index (χ1n) is 10.6. The topological polar surface area (TPSA) is 38.8 Å². The summed E-state index contributed by atoms with van der Waals surface area (Å²) in [6, 6.07) is 1.83. The monoisotopic (exact) mass is 352 g/mol. The quantitative estimate of drug-likeness (QED) is 0.794. The summed E-state index contributed by atoms with van der Waals surface area (Å²) in [6.45, 7) is 19.0. The van der Waals surface area contributed by atoms with Crippen LogP contribution in [0.1, 0.15) is 53.9 Å². The van der Waals surface area contributed by atoms with E-state index < -0.39 is 0 Å². The lowest BCUT2D eigenvalue weighted by molar-refractivity contribution is -0.121. The number of fused-ring (bicyclic) bond motifs is 2. The van der Waals surface area contributed by atoms with Gasteiger partial charge in [-0.3, -0.25) is 19.5 Å². The van der Waals surface area contributed by atoms with Gasteiger partial charge in [-0.25, -0.2) is 0 Å². The zero-order valence-corrected chi connectivity index (χ0v) is 17.1. The summed E-state index contributed by atoms with van der Waals surface area (Å²) in [5.74, 6) is 0.908. The van der Waals surface area contributed by atoms with Crippen LogP contribution in [0, 0.1) is 5.92 Å². The van der Waals surface area contributed by atoms with Crippen molar-refractivity contribution >= 4 is 5.91 Å². The maximum absolute atomic E-state index is 11.6. The number of amides is 1. The summed E-state index contributed by atoms with van der Waals surface area (Å²) in [4.78, 5) is 19.5. The number of rotatable bonds is 6. The molecule has 0 spiro atoms. The highest BCUT2D eigenvalue weighted by atomic mass is 16.1. The van der Waals surface area contributed by atoms with Gasteiger partial charge in [-0.05, 0) is 32.6 Å². The van der Waals surface area contributed by atoms with E-state index in [1.807, 2.05) is 20.8 Å². The lowest BCUT2D eigenvalue weighted by atomic mass is 10.0. The van der Waals surface area contributed by atoms with E-state index in [1.165, 1.54) is 52.2 Å². The summed E-state index contributed by atoms with van der Waals surface area (Å²) < 4.78 is 0. The molecule has 5 nitrogen and oxygen atoms in total. The molecule has 3 rings (SSSR count). The van der Waals surface area contributed by atoms with E-state index in [0.717, 1.165) is 6.42 Å².